The molecule has 8 nitrogen and oxygen atoms in total. The number of aromatic nitrogens is 1. The van der Waals surface area contributed by atoms with Gasteiger partial charge >= 0.3 is 6.18 Å². The van der Waals surface area contributed by atoms with Crippen molar-refractivity contribution in [2.24, 2.45) is 0 Å². The molecule has 0 spiro atoms. The Morgan fingerprint density at radius 2 is 1.81 bits per heavy atom. The third kappa shape index (κ3) is 6.63. The molecule has 0 unspecified atom stereocenters. The van der Waals surface area contributed by atoms with Crippen LogP contribution in [0.3, 0.4) is 0 Å². The molecule has 1 saturated heterocycles. The van der Waals surface area contributed by atoms with Crippen LogP contribution in [0.4, 0.5) is 19.0 Å². The van der Waals surface area contributed by atoms with Gasteiger partial charge in [-0.05, 0) is 85.0 Å². The standard InChI is InChI=1S/C31H29F3N4O4/c1-30(41)10-12-38(13-11-30)29(40)21-6-4-20(5-7-21)22-14-23-15-24(42-28(23)25(16-22)31(32,33)34)18-37-27(39)9-3-19-2-8-26(35)36-17-19/h2-9,14-17,41H,10-13,18H2,1H3,(H2,35,36)(H,37,39)/b9-3+. The van der Waals surface area contributed by atoms with Gasteiger partial charge in [-0.3, -0.25) is 9.59 Å². The molecule has 1 aliphatic rings. The minimum Gasteiger partial charge on any atom is -0.459 e. The van der Waals surface area contributed by atoms with Crippen molar-refractivity contribution in [2.75, 3.05) is 18.8 Å². The summed E-state index contributed by atoms with van der Waals surface area (Å²) in [5.74, 6) is -0.150. The molecule has 0 radical (unpaired) electrons. The number of benzene rings is 2. The van der Waals surface area contributed by atoms with Crippen LogP contribution in [0.25, 0.3) is 28.2 Å². The first-order valence-electron chi connectivity index (χ1n) is 13.3. The molecule has 1 fully saturated rings. The molecule has 3 heterocycles. The summed E-state index contributed by atoms with van der Waals surface area (Å²) in [6, 6.07) is 13.7. The number of furan rings is 1. The Morgan fingerprint density at radius 1 is 1.10 bits per heavy atom. The van der Waals surface area contributed by atoms with Crippen molar-refractivity contribution < 1.29 is 32.3 Å². The van der Waals surface area contributed by atoms with Crippen LogP contribution in [0.1, 0.15) is 47.0 Å². The molecule has 0 atom stereocenters. The Morgan fingerprint density at radius 3 is 2.45 bits per heavy atom. The first-order chi connectivity index (χ1) is 19.9. The summed E-state index contributed by atoms with van der Waals surface area (Å²) in [6.45, 7) is 2.49. The van der Waals surface area contributed by atoms with Gasteiger partial charge in [-0.1, -0.05) is 12.1 Å². The second-order valence-corrected chi connectivity index (χ2v) is 10.6. The zero-order chi connectivity index (χ0) is 30.1. The van der Waals surface area contributed by atoms with Gasteiger partial charge in [-0.25, -0.2) is 4.98 Å². The Bertz CT molecular complexity index is 1630. The molecule has 11 heteroatoms. The fourth-order valence-corrected chi connectivity index (χ4v) is 4.77. The Hall–Kier alpha value is -4.64. The Balaban J connectivity index is 1.33. The highest BCUT2D eigenvalue weighted by atomic mass is 19.4. The molecule has 4 N–H and O–H groups in total. The minimum absolute atomic E-state index is 0.118. The molecule has 4 aromatic rings. The van der Waals surface area contributed by atoms with Gasteiger partial charge in [-0.2, -0.15) is 13.2 Å². The van der Waals surface area contributed by atoms with E-state index in [2.05, 4.69) is 10.3 Å². The number of nitrogen functional groups attached to an aromatic ring is 1. The predicted molar refractivity (Wildman–Crippen MR) is 152 cm³/mol. The van der Waals surface area contributed by atoms with E-state index < -0.39 is 23.2 Å². The highest BCUT2D eigenvalue weighted by molar-refractivity contribution is 5.95. The van der Waals surface area contributed by atoms with E-state index in [4.69, 9.17) is 10.2 Å². The lowest BCUT2D eigenvalue weighted by Gasteiger charge is -2.35. The topological polar surface area (TPSA) is 122 Å². The van der Waals surface area contributed by atoms with Gasteiger partial charge in [0, 0.05) is 36.3 Å². The van der Waals surface area contributed by atoms with Gasteiger partial charge in [-0.15, -0.1) is 0 Å². The van der Waals surface area contributed by atoms with Crippen LogP contribution in [0, 0.1) is 0 Å². The monoisotopic (exact) mass is 578 g/mol. The Kier molecular flexibility index (Phi) is 7.79. The first-order valence-corrected chi connectivity index (χ1v) is 13.3. The number of anilines is 1. The van der Waals surface area contributed by atoms with E-state index in [1.165, 1.54) is 24.4 Å². The summed E-state index contributed by atoms with van der Waals surface area (Å²) in [5, 5.41) is 13.0. The highest BCUT2D eigenvalue weighted by Crippen LogP contribution is 2.39. The summed E-state index contributed by atoms with van der Waals surface area (Å²) >= 11 is 0. The second-order valence-electron chi connectivity index (χ2n) is 10.6. The van der Waals surface area contributed by atoms with Gasteiger partial charge in [0.05, 0.1) is 17.7 Å². The first kappa shape index (κ1) is 28.9. The molecule has 218 valence electrons. The highest BCUT2D eigenvalue weighted by Gasteiger charge is 2.35. The van der Waals surface area contributed by atoms with Crippen LogP contribution < -0.4 is 11.1 Å². The van der Waals surface area contributed by atoms with Gasteiger partial charge in [0.1, 0.15) is 17.2 Å². The smallest absolute Gasteiger partial charge is 0.420 e. The van der Waals surface area contributed by atoms with Gasteiger partial charge < -0.3 is 25.5 Å². The number of nitrogens with two attached hydrogens (primary N) is 1. The molecule has 5 rings (SSSR count). The predicted octanol–water partition coefficient (Wildman–Crippen LogP) is 5.41. The zero-order valence-corrected chi connectivity index (χ0v) is 22.7. The molecule has 2 aromatic heterocycles. The number of aliphatic hydroxyl groups is 1. The third-order valence-electron chi connectivity index (χ3n) is 7.24. The number of nitrogens with zero attached hydrogens (tertiary/aromatic N) is 2. The van der Waals surface area contributed by atoms with E-state index >= 15 is 0 Å². The fraction of sp³-hybridized carbons (Fsp3) is 0.258. The van der Waals surface area contributed by atoms with Crippen molar-refractivity contribution in [3.8, 4) is 11.1 Å². The lowest BCUT2D eigenvalue weighted by molar-refractivity contribution is -0.136. The largest absolute Gasteiger partial charge is 0.459 e. The summed E-state index contributed by atoms with van der Waals surface area (Å²) in [4.78, 5) is 30.7. The number of nitrogens with one attached hydrogen (secondary N) is 1. The van der Waals surface area contributed by atoms with Gasteiger partial charge in [0.25, 0.3) is 5.91 Å². The van der Waals surface area contributed by atoms with Crippen molar-refractivity contribution >= 4 is 34.7 Å². The molecule has 2 amide bonds. The average Bonchev–Trinajstić information content (AvgIpc) is 3.37. The third-order valence-corrected chi connectivity index (χ3v) is 7.24. The van der Waals surface area contributed by atoms with E-state index in [9.17, 15) is 27.9 Å². The maximum absolute atomic E-state index is 14.0. The fourth-order valence-electron chi connectivity index (χ4n) is 4.77. The number of carbonyl (C=O) groups is 2. The minimum atomic E-state index is -4.69. The quantitative estimate of drug-likeness (QED) is 0.263. The summed E-state index contributed by atoms with van der Waals surface area (Å²) < 4.78 is 47.6. The lowest BCUT2D eigenvalue weighted by atomic mass is 9.93. The van der Waals surface area contributed by atoms with E-state index in [1.807, 2.05) is 0 Å². The number of amides is 2. The maximum atomic E-state index is 14.0. The number of halogens is 3. The van der Waals surface area contributed by atoms with E-state index in [-0.39, 0.29) is 29.2 Å². The van der Waals surface area contributed by atoms with E-state index in [0.29, 0.717) is 54.0 Å². The van der Waals surface area contributed by atoms with Crippen molar-refractivity contribution in [2.45, 2.75) is 38.1 Å². The van der Waals surface area contributed by atoms with Crippen molar-refractivity contribution in [3.05, 3.63) is 89.3 Å². The van der Waals surface area contributed by atoms with Crippen LogP contribution in [0.2, 0.25) is 0 Å². The number of rotatable bonds is 6. The SMILES string of the molecule is CC1(O)CCN(C(=O)c2ccc(-c3cc(C(F)(F)F)c4oc(CNC(=O)/C=C/c5ccc(N)nc5)cc4c3)cc2)CC1. The lowest BCUT2D eigenvalue weighted by Crippen LogP contribution is -2.45. The summed E-state index contributed by atoms with van der Waals surface area (Å²) in [7, 11) is 0. The van der Waals surface area contributed by atoms with E-state index in [1.54, 1.807) is 54.3 Å². The van der Waals surface area contributed by atoms with Crippen LogP contribution in [-0.2, 0) is 17.5 Å². The van der Waals surface area contributed by atoms with Crippen LogP contribution >= 0.6 is 0 Å². The molecular formula is C31H29F3N4O4. The molecule has 0 bridgehead atoms. The molecule has 0 saturated carbocycles. The zero-order valence-electron chi connectivity index (χ0n) is 22.7. The number of likely N-dealkylation sites (tertiary alicyclic amines) is 1. The normalized spacial score (nSPS) is 15.3. The van der Waals surface area contributed by atoms with Crippen LogP contribution in [0.5, 0.6) is 0 Å². The molecule has 1 aliphatic heterocycles. The number of alkyl halides is 3. The number of pyridine rings is 1. The second kappa shape index (κ2) is 11.3. The maximum Gasteiger partial charge on any atom is 0.420 e. The van der Waals surface area contributed by atoms with Crippen LogP contribution in [-0.4, -0.2) is 45.5 Å². The molecule has 0 aliphatic carbocycles. The Labute approximate surface area is 239 Å². The van der Waals surface area contributed by atoms with Crippen molar-refractivity contribution in [1.82, 2.24) is 15.2 Å². The number of hydrogen-bond donors (Lipinski definition) is 3. The number of piperidine rings is 1. The van der Waals surface area contributed by atoms with Crippen molar-refractivity contribution in [1.29, 1.82) is 0 Å². The van der Waals surface area contributed by atoms with Gasteiger partial charge in [0.15, 0.2) is 0 Å². The molecule has 42 heavy (non-hydrogen) atoms. The van der Waals surface area contributed by atoms with Gasteiger partial charge in [0.2, 0.25) is 5.91 Å². The van der Waals surface area contributed by atoms with E-state index in [0.717, 1.165) is 6.07 Å². The summed E-state index contributed by atoms with van der Waals surface area (Å²) in [5.41, 5.74) is 5.36. The number of carbonyl (C=O) groups excluding carboxylic acids is 2. The number of fused-ring (bicyclic) bond motifs is 1. The molecular weight excluding hydrogens is 549 g/mol. The number of hydrogen-bond acceptors (Lipinski definition) is 6. The van der Waals surface area contributed by atoms with Crippen molar-refractivity contribution in [3.63, 3.8) is 0 Å². The van der Waals surface area contributed by atoms with Crippen LogP contribution in [0.15, 0.2) is 71.3 Å². The molecule has 2 aromatic carbocycles. The summed E-state index contributed by atoms with van der Waals surface area (Å²) in [6.07, 6.45) is 0.578. The average molecular weight is 579 g/mol.